The highest BCUT2D eigenvalue weighted by Gasteiger charge is 2.47. The first-order valence-corrected chi connectivity index (χ1v) is 9.03. The van der Waals surface area contributed by atoms with E-state index in [4.69, 9.17) is 9.47 Å². The van der Waals surface area contributed by atoms with E-state index in [1.54, 1.807) is 19.9 Å². The van der Waals surface area contributed by atoms with Crippen molar-refractivity contribution >= 4 is 5.97 Å². The summed E-state index contributed by atoms with van der Waals surface area (Å²) in [5.41, 5.74) is 0.829. The summed E-state index contributed by atoms with van der Waals surface area (Å²) < 4.78 is 11.6. The van der Waals surface area contributed by atoms with Gasteiger partial charge in [0.25, 0.3) is 0 Å². The van der Waals surface area contributed by atoms with Gasteiger partial charge in [0, 0.05) is 24.9 Å². The van der Waals surface area contributed by atoms with E-state index in [9.17, 15) is 9.90 Å². The predicted molar refractivity (Wildman–Crippen MR) is 107 cm³/mol. The molecule has 2 rings (SSSR count). The maximum absolute atomic E-state index is 12.2. The quantitative estimate of drug-likeness (QED) is 0.661. The number of aromatic nitrogens is 2. The molecule has 0 saturated carbocycles. The van der Waals surface area contributed by atoms with Crippen LogP contribution in [0.2, 0.25) is 0 Å². The van der Waals surface area contributed by atoms with Crippen molar-refractivity contribution < 1.29 is 19.4 Å². The molecule has 148 valence electrons. The van der Waals surface area contributed by atoms with Gasteiger partial charge in [0.2, 0.25) is 6.10 Å². The minimum Gasteiger partial charge on any atom is -0.478 e. The third-order valence-corrected chi connectivity index (χ3v) is 4.32. The molecule has 2 aromatic rings. The first-order valence-electron chi connectivity index (χ1n) is 9.03. The van der Waals surface area contributed by atoms with Crippen LogP contribution in [-0.2, 0) is 15.1 Å². The van der Waals surface area contributed by atoms with Crippen LogP contribution >= 0.6 is 0 Å². The first kappa shape index (κ1) is 21.3. The van der Waals surface area contributed by atoms with Gasteiger partial charge >= 0.3 is 12.0 Å². The number of aryl methyl sites for hydroxylation is 2. The van der Waals surface area contributed by atoms with Gasteiger partial charge in [0.1, 0.15) is 5.60 Å². The number of hydrogen-bond acceptors (Lipinski definition) is 5. The standard InChI is InChI=1S/C22H26N2O4/c1-5-6-7-11-14-22(27-4,18-12-9-8-10-13-18)19(20(25)26)28-21-23-16(2)15-17(3)24-21/h5-13,15,19H,14H2,1-4H3,(H,25,26)/b6-5-,11-7-. The molecule has 28 heavy (non-hydrogen) atoms. The molecular formula is C22H26N2O4. The molecule has 0 amide bonds. The summed E-state index contributed by atoms with van der Waals surface area (Å²) in [5.74, 6) is -1.16. The molecule has 6 nitrogen and oxygen atoms in total. The van der Waals surface area contributed by atoms with Gasteiger partial charge in [0.15, 0.2) is 0 Å². The number of aliphatic carboxylic acids is 1. The zero-order valence-electron chi connectivity index (χ0n) is 16.6. The molecule has 0 aliphatic carbocycles. The average molecular weight is 382 g/mol. The normalized spacial score (nSPS) is 14.9. The van der Waals surface area contributed by atoms with E-state index in [-0.39, 0.29) is 6.01 Å². The number of rotatable bonds is 9. The summed E-state index contributed by atoms with van der Waals surface area (Å²) in [6, 6.07) is 11.0. The molecule has 1 aromatic carbocycles. The lowest BCUT2D eigenvalue weighted by molar-refractivity contribution is -0.166. The van der Waals surface area contributed by atoms with Crippen LogP contribution in [-0.4, -0.2) is 34.3 Å². The van der Waals surface area contributed by atoms with Crippen LogP contribution in [0.25, 0.3) is 0 Å². The van der Waals surface area contributed by atoms with Crippen LogP contribution in [0.1, 0.15) is 30.3 Å². The summed E-state index contributed by atoms with van der Waals surface area (Å²) in [6.07, 6.45) is 6.41. The molecular weight excluding hydrogens is 356 g/mol. The zero-order valence-corrected chi connectivity index (χ0v) is 16.6. The number of hydrogen-bond donors (Lipinski definition) is 1. The molecule has 2 atom stereocenters. The molecule has 1 N–H and O–H groups in total. The fourth-order valence-electron chi connectivity index (χ4n) is 3.03. The van der Waals surface area contributed by atoms with Crippen LogP contribution < -0.4 is 4.74 Å². The van der Waals surface area contributed by atoms with Crippen LogP contribution in [0.15, 0.2) is 60.7 Å². The Morgan fingerprint density at radius 2 is 1.82 bits per heavy atom. The van der Waals surface area contributed by atoms with Crippen molar-refractivity contribution in [1.29, 1.82) is 0 Å². The summed E-state index contributed by atoms with van der Waals surface area (Å²) in [7, 11) is 1.48. The molecule has 6 heteroatoms. The van der Waals surface area contributed by atoms with Crippen molar-refractivity contribution in [2.45, 2.75) is 38.9 Å². The smallest absolute Gasteiger partial charge is 0.348 e. The minimum atomic E-state index is -1.35. The number of methoxy groups -OCH3 is 1. The van der Waals surface area contributed by atoms with Crippen molar-refractivity contribution in [1.82, 2.24) is 9.97 Å². The molecule has 0 aliphatic heterocycles. The number of carboxylic acid groups (broad SMARTS) is 1. The second kappa shape index (κ2) is 9.80. The van der Waals surface area contributed by atoms with Crippen molar-refractivity contribution in [2.75, 3.05) is 7.11 Å². The first-order chi connectivity index (χ1) is 13.4. The van der Waals surface area contributed by atoms with Gasteiger partial charge in [-0.3, -0.25) is 0 Å². The highest BCUT2D eigenvalue weighted by Crippen LogP contribution is 2.35. The molecule has 0 saturated heterocycles. The molecule has 0 aliphatic rings. The van der Waals surface area contributed by atoms with Gasteiger partial charge in [-0.2, -0.15) is 0 Å². The van der Waals surface area contributed by atoms with Crippen molar-refractivity contribution in [3.63, 3.8) is 0 Å². The van der Waals surface area contributed by atoms with E-state index in [0.29, 0.717) is 23.4 Å². The fourth-order valence-corrected chi connectivity index (χ4v) is 3.03. The summed E-state index contributed by atoms with van der Waals surface area (Å²) >= 11 is 0. The summed E-state index contributed by atoms with van der Waals surface area (Å²) in [4.78, 5) is 20.7. The molecule has 0 bridgehead atoms. The van der Waals surface area contributed by atoms with Gasteiger partial charge in [-0.25, -0.2) is 14.8 Å². The minimum absolute atomic E-state index is 0.0136. The van der Waals surface area contributed by atoms with Crippen molar-refractivity contribution in [3.05, 3.63) is 77.7 Å². The van der Waals surface area contributed by atoms with E-state index in [2.05, 4.69) is 9.97 Å². The molecule has 0 fully saturated rings. The molecule has 1 heterocycles. The Kier molecular flexibility index (Phi) is 7.46. The zero-order chi connectivity index (χ0) is 20.6. The van der Waals surface area contributed by atoms with E-state index in [1.807, 2.05) is 61.6 Å². The highest BCUT2D eigenvalue weighted by molar-refractivity contribution is 5.75. The van der Waals surface area contributed by atoms with Crippen LogP contribution in [0, 0.1) is 13.8 Å². The largest absolute Gasteiger partial charge is 0.478 e. The number of carbonyl (C=O) groups is 1. The number of allylic oxidation sites excluding steroid dienone is 3. The second-order valence-corrected chi connectivity index (χ2v) is 6.39. The SMILES string of the molecule is C/C=C\C=C/CC(OC)(c1ccccc1)C(Oc1nc(C)cc(C)n1)C(=O)O. The van der Waals surface area contributed by atoms with Gasteiger partial charge in [-0.15, -0.1) is 0 Å². The number of benzene rings is 1. The Morgan fingerprint density at radius 3 is 2.36 bits per heavy atom. The van der Waals surface area contributed by atoms with E-state index < -0.39 is 17.7 Å². The Hall–Kier alpha value is -2.99. The molecule has 1 aromatic heterocycles. The topological polar surface area (TPSA) is 81.5 Å². The van der Waals surface area contributed by atoms with E-state index in [1.165, 1.54) is 7.11 Å². The Bertz CT molecular complexity index is 829. The van der Waals surface area contributed by atoms with Crippen LogP contribution in [0.5, 0.6) is 6.01 Å². The lowest BCUT2D eigenvalue weighted by atomic mass is 9.84. The third-order valence-electron chi connectivity index (χ3n) is 4.32. The number of carboxylic acids is 1. The Morgan fingerprint density at radius 1 is 1.18 bits per heavy atom. The summed E-state index contributed by atoms with van der Waals surface area (Å²) in [5, 5.41) is 10.0. The van der Waals surface area contributed by atoms with Gasteiger partial charge < -0.3 is 14.6 Å². The molecule has 0 radical (unpaired) electrons. The number of ether oxygens (including phenoxy) is 2. The van der Waals surface area contributed by atoms with E-state index >= 15 is 0 Å². The van der Waals surface area contributed by atoms with E-state index in [0.717, 1.165) is 0 Å². The lowest BCUT2D eigenvalue weighted by Gasteiger charge is -2.36. The Labute approximate surface area is 165 Å². The van der Waals surface area contributed by atoms with Crippen molar-refractivity contribution in [2.24, 2.45) is 0 Å². The maximum Gasteiger partial charge on any atom is 0.348 e. The summed E-state index contributed by atoms with van der Waals surface area (Å²) in [6.45, 7) is 5.52. The highest BCUT2D eigenvalue weighted by atomic mass is 16.6. The van der Waals surface area contributed by atoms with Crippen LogP contribution in [0.4, 0.5) is 0 Å². The Balaban J connectivity index is 2.53. The second-order valence-electron chi connectivity index (χ2n) is 6.39. The monoisotopic (exact) mass is 382 g/mol. The lowest BCUT2D eigenvalue weighted by Crippen LogP contribution is -2.49. The van der Waals surface area contributed by atoms with Gasteiger partial charge in [0.05, 0.1) is 0 Å². The van der Waals surface area contributed by atoms with Gasteiger partial charge in [-0.05, 0) is 32.4 Å². The van der Waals surface area contributed by atoms with Crippen molar-refractivity contribution in [3.8, 4) is 6.01 Å². The molecule has 0 spiro atoms. The maximum atomic E-state index is 12.2. The number of nitrogens with zero attached hydrogens (tertiary/aromatic N) is 2. The predicted octanol–water partition coefficient (Wildman–Crippen LogP) is 3.99. The molecule has 2 unspecified atom stereocenters. The fraction of sp³-hybridized carbons (Fsp3) is 0.318. The van der Waals surface area contributed by atoms with Gasteiger partial charge in [-0.1, -0.05) is 54.6 Å². The average Bonchev–Trinajstić information content (AvgIpc) is 2.67. The van der Waals surface area contributed by atoms with Crippen LogP contribution in [0.3, 0.4) is 0 Å². The third kappa shape index (κ3) is 5.04.